The quantitative estimate of drug-likeness (QED) is 0.413. The molecule has 0 fully saturated rings. The van der Waals surface area contributed by atoms with Gasteiger partial charge in [-0.1, -0.05) is 28.9 Å². The highest BCUT2D eigenvalue weighted by molar-refractivity contribution is 7.17. The van der Waals surface area contributed by atoms with Crippen molar-refractivity contribution in [3.63, 3.8) is 0 Å². The van der Waals surface area contributed by atoms with Gasteiger partial charge in [-0.05, 0) is 42.0 Å². The molecular weight excluding hydrogens is 448 g/mol. The summed E-state index contributed by atoms with van der Waals surface area (Å²) >= 11 is 7.10. The number of pyridine rings is 2. The number of rotatable bonds is 5. The zero-order chi connectivity index (χ0) is 22.1. The maximum atomic E-state index is 12.3. The predicted molar refractivity (Wildman–Crippen MR) is 123 cm³/mol. The third-order valence-electron chi connectivity index (χ3n) is 4.87. The molecule has 10 heteroatoms. The van der Waals surface area contributed by atoms with Crippen molar-refractivity contribution in [1.29, 1.82) is 0 Å². The van der Waals surface area contributed by atoms with E-state index in [0.29, 0.717) is 31.7 Å². The molecule has 32 heavy (non-hydrogen) atoms. The molecule has 0 saturated heterocycles. The minimum Gasteiger partial charge on any atom is -0.346 e. The normalized spacial score (nSPS) is 11.0. The van der Waals surface area contributed by atoms with Crippen molar-refractivity contribution in [3.8, 4) is 16.8 Å². The first-order chi connectivity index (χ1) is 15.6. The van der Waals surface area contributed by atoms with E-state index in [2.05, 4.69) is 25.6 Å². The van der Waals surface area contributed by atoms with Gasteiger partial charge >= 0.3 is 0 Å². The van der Waals surface area contributed by atoms with Crippen molar-refractivity contribution in [1.82, 2.24) is 30.3 Å². The molecule has 0 saturated carbocycles. The second-order valence-corrected chi connectivity index (χ2v) is 8.60. The number of hydrogen-bond acceptors (Lipinski definition) is 6. The van der Waals surface area contributed by atoms with Crippen molar-refractivity contribution < 1.29 is 4.79 Å². The van der Waals surface area contributed by atoms with Crippen LogP contribution >= 0.6 is 22.9 Å². The number of aromatic nitrogens is 5. The van der Waals surface area contributed by atoms with Gasteiger partial charge in [0.1, 0.15) is 5.69 Å². The van der Waals surface area contributed by atoms with E-state index < -0.39 is 0 Å². The number of hydrogen-bond donors (Lipinski definition) is 2. The highest BCUT2D eigenvalue weighted by Gasteiger charge is 2.14. The Morgan fingerprint density at radius 2 is 2.03 bits per heavy atom. The Labute approximate surface area is 190 Å². The lowest BCUT2D eigenvalue weighted by Gasteiger charge is -2.10. The summed E-state index contributed by atoms with van der Waals surface area (Å²) in [6, 6.07) is 14.4. The van der Waals surface area contributed by atoms with Gasteiger partial charge in [-0.15, -0.1) is 16.4 Å². The second-order valence-electron chi connectivity index (χ2n) is 6.89. The Hall–Kier alpha value is -3.82. The largest absolute Gasteiger partial charge is 0.346 e. The van der Waals surface area contributed by atoms with Crippen LogP contribution in [0.3, 0.4) is 0 Å². The van der Waals surface area contributed by atoms with Crippen molar-refractivity contribution in [3.05, 3.63) is 92.4 Å². The number of thiophene rings is 1. The molecule has 1 aromatic carbocycles. The Morgan fingerprint density at radius 1 is 1.12 bits per heavy atom. The molecule has 0 atom stereocenters. The number of aromatic amines is 1. The third-order valence-corrected chi connectivity index (χ3v) is 6.10. The van der Waals surface area contributed by atoms with Crippen LogP contribution < -0.4 is 10.9 Å². The van der Waals surface area contributed by atoms with E-state index in [0.717, 1.165) is 10.9 Å². The fraction of sp³-hybridized carbons (Fsp3) is 0.0455. The Balaban J connectivity index is 1.45. The number of benzene rings is 1. The summed E-state index contributed by atoms with van der Waals surface area (Å²) in [7, 11) is 0. The minimum absolute atomic E-state index is 0.170. The highest BCUT2D eigenvalue weighted by Crippen LogP contribution is 2.29. The lowest BCUT2D eigenvalue weighted by molar-refractivity contribution is 0.0954. The van der Waals surface area contributed by atoms with E-state index in [1.807, 2.05) is 24.3 Å². The van der Waals surface area contributed by atoms with Crippen LogP contribution in [0.5, 0.6) is 0 Å². The second kappa shape index (κ2) is 8.37. The molecule has 0 unspecified atom stereocenters. The summed E-state index contributed by atoms with van der Waals surface area (Å²) in [5, 5.41) is 12.0. The maximum Gasteiger partial charge on any atom is 0.261 e. The number of fused-ring (bicyclic) bond motifs is 1. The molecule has 1 amide bonds. The van der Waals surface area contributed by atoms with Gasteiger partial charge in [0.2, 0.25) is 0 Å². The van der Waals surface area contributed by atoms with Gasteiger partial charge in [0.25, 0.3) is 11.5 Å². The van der Waals surface area contributed by atoms with E-state index in [-0.39, 0.29) is 18.0 Å². The zero-order valence-electron chi connectivity index (χ0n) is 16.4. The van der Waals surface area contributed by atoms with Gasteiger partial charge in [0.15, 0.2) is 0 Å². The molecule has 8 nitrogen and oxygen atoms in total. The summed E-state index contributed by atoms with van der Waals surface area (Å²) in [6.07, 6.45) is 5.03. The first kappa shape index (κ1) is 20.1. The Kier molecular flexibility index (Phi) is 5.26. The van der Waals surface area contributed by atoms with Gasteiger partial charge < -0.3 is 10.3 Å². The smallest absolute Gasteiger partial charge is 0.261 e. The molecule has 4 heterocycles. The van der Waals surface area contributed by atoms with Crippen molar-refractivity contribution in [2.75, 3.05) is 0 Å². The number of H-pyrrole nitrogens is 1. The SMILES string of the molecule is O=C(NCc1cn(-c2ccc(-c3ccc[nH]c3=O)c3cccnc23)nn1)c1ccc(Cl)s1. The lowest BCUT2D eigenvalue weighted by atomic mass is 10.0. The van der Waals surface area contributed by atoms with Crippen molar-refractivity contribution >= 4 is 39.7 Å². The summed E-state index contributed by atoms with van der Waals surface area (Å²) in [6.45, 7) is 0.219. The first-order valence-electron chi connectivity index (χ1n) is 9.61. The minimum atomic E-state index is -0.221. The molecule has 0 spiro atoms. The van der Waals surface area contributed by atoms with Gasteiger partial charge in [0.05, 0.1) is 33.2 Å². The Bertz CT molecular complexity index is 1510. The van der Waals surface area contributed by atoms with Crippen LogP contribution in [0.1, 0.15) is 15.4 Å². The molecular formula is C22H15ClN6O2S. The van der Waals surface area contributed by atoms with E-state index in [1.54, 1.807) is 47.5 Å². The predicted octanol–water partition coefficient (Wildman–Crippen LogP) is 3.82. The number of nitrogens with one attached hydrogen (secondary N) is 2. The molecule has 158 valence electrons. The van der Waals surface area contributed by atoms with E-state index >= 15 is 0 Å². The number of carbonyl (C=O) groups is 1. The van der Waals surface area contributed by atoms with Crippen LogP contribution in [0.25, 0.3) is 27.7 Å². The van der Waals surface area contributed by atoms with Gasteiger partial charge in [0, 0.05) is 23.3 Å². The molecule has 0 aliphatic carbocycles. The number of carbonyl (C=O) groups excluding carboxylic acids is 1. The third kappa shape index (κ3) is 3.79. The summed E-state index contributed by atoms with van der Waals surface area (Å²) in [5.41, 5.74) is 3.16. The standard InChI is InChI=1S/C22H15ClN6O2S/c23-19-8-7-18(32-19)22(31)26-11-13-12-29(28-27-13)17-6-5-14(15-3-1-9-24-20(15)17)16-4-2-10-25-21(16)30/h1-10,12H,11H2,(H,25,30)(H,26,31). The fourth-order valence-electron chi connectivity index (χ4n) is 3.40. The fourth-order valence-corrected chi connectivity index (χ4v) is 4.36. The number of halogens is 1. The van der Waals surface area contributed by atoms with E-state index in [9.17, 15) is 9.59 Å². The van der Waals surface area contributed by atoms with Crippen LogP contribution in [0.15, 0.2) is 71.9 Å². The van der Waals surface area contributed by atoms with Crippen molar-refractivity contribution in [2.24, 2.45) is 0 Å². The molecule has 0 bridgehead atoms. The molecule has 0 radical (unpaired) electrons. The van der Waals surface area contributed by atoms with Gasteiger partial charge in [-0.3, -0.25) is 14.6 Å². The molecule has 4 aromatic heterocycles. The molecule has 5 aromatic rings. The van der Waals surface area contributed by atoms with E-state index in [4.69, 9.17) is 11.6 Å². The topological polar surface area (TPSA) is 106 Å². The van der Waals surface area contributed by atoms with Gasteiger partial charge in [-0.25, -0.2) is 4.68 Å². The van der Waals surface area contributed by atoms with Crippen LogP contribution in [0.2, 0.25) is 4.34 Å². The monoisotopic (exact) mass is 462 g/mol. The van der Waals surface area contributed by atoms with Crippen LogP contribution in [0.4, 0.5) is 0 Å². The molecule has 0 aliphatic rings. The zero-order valence-corrected chi connectivity index (χ0v) is 18.0. The van der Waals surface area contributed by atoms with Crippen LogP contribution in [0, 0.1) is 0 Å². The summed E-state index contributed by atoms with van der Waals surface area (Å²) in [4.78, 5) is 32.3. The number of amides is 1. The van der Waals surface area contributed by atoms with E-state index in [1.165, 1.54) is 11.3 Å². The first-order valence-corrected chi connectivity index (χ1v) is 10.8. The van der Waals surface area contributed by atoms with Crippen molar-refractivity contribution in [2.45, 2.75) is 6.54 Å². The maximum absolute atomic E-state index is 12.3. The van der Waals surface area contributed by atoms with Gasteiger partial charge in [-0.2, -0.15) is 0 Å². The lowest BCUT2D eigenvalue weighted by Crippen LogP contribution is -2.21. The highest BCUT2D eigenvalue weighted by atomic mass is 35.5. The van der Waals surface area contributed by atoms with Crippen LogP contribution in [-0.2, 0) is 6.54 Å². The average molecular weight is 463 g/mol. The molecule has 2 N–H and O–H groups in total. The average Bonchev–Trinajstić information content (AvgIpc) is 3.46. The molecule has 0 aliphatic heterocycles. The Morgan fingerprint density at radius 3 is 2.84 bits per heavy atom. The number of nitrogens with zero attached hydrogens (tertiary/aromatic N) is 4. The van der Waals surface area contributed by atoms with Crippen LogP contribution in [-0.4, -0.2) is 30.9 Å². The molecule has 5 rings (SSSR count). The summed E-state index contributed by atoms with van der Waals surface area (Å²) in [5.74, 6) is -0.221. The summed E-state index contributed by atoms with van der Waals surface area (Å²) < 4.78 is 2.17.